The van der Waals surface area contributed by atoms with Crippen LogP contribution in [0.25, 0.3) is 0 Å². The third kappa shape index (κ3) is 3.01. The quantitative estimate of drug-likeness (QED) is 0.899. The van der Waals surface area contributed by atoms with Gasteiger partial charge >= 0.3 is 0 Å². The first-order chi connectivity index (χ1) is 9.05. The molecule has 0 bridgehead atoms. The Labute approximate surface area is 112 Å². The number of hydrogen-bond donors (Lipinski definition) is 1. The van der Waals surface area contributed by atoms with Crippen LogP contribution in [0.3, 0.4) is 0 Å². The van der Waals surface area contributed by atoms with Crippen LogP contribution in [0.1, 0.15) is 31.0 Å². The molecule has 1 N–H and O–H groups in total. The van der Waals surface area contributed by atoms with Gasteiger partial charge in [-0.05, 0) is 43.0 Å². The second-order valence-corrected chi connectivity index (χ2v) is 4.84. The molecule has 3 nitrogen and oxygen atoms in total. The molecule has 1 atom stereocenters. The number of benzene rings is 1. The van der Waals surface area contributed by atoms with Crippen molar-refractivity contribution in [2.45, 2.75) is 31.8 Å². The van der Waals surface area contributed by atoms with Crippen molar-refractivity contribution in [1.29, 1.82) is 0 Å². The lowest BCUT2D eigenvalue weighted by atomic mass is 9.86. The van der Waals surface area contributed by atoms with E-state index in [2.05, 4.69) is 5.10 Å². The Morgan fingerprint density at radius 2 is 2.16 bits per heavy atom. The monoisotopic (exact) mass is 262 g/mol. The van der Waals surface area contributed by atoms with Crippen LogP contribution in [-0.2, 0) is 19.1 Å². The Hall–Kier alpha value is -1.68. The number of aliphatic hydroxyl groups is 1. The van der Waals surface area contributed by atoms with Crippen molar-refractivity contribution in [3.8, 4) is 0 Å². The summed E-state index contributed by atoms with van der Waals surface area (Å²) in [6.07, 6.45) is 3.54. The van der Waals surface area contributed by atoms with Gasteiger partial charge in [-0.1, -0.05) is 19.1 Å². The summed E-state index contributed by atoms with van der Waals surface area (Å²) in [7, 11) is 1.88. The maximum Gasteiger partial charge on any atom is 0.123 e. The van der Waals surface area contributed by atoms with E-state index in [0.717, 1.165) is 5.69 Å². The summed E-state index contributed by atoms with van der Waals surface area (Å²) in [5.74, 6) is -0.315. The molecule has 0 saturated carbocycles. The SMILES string of the molecule is CCC(O)(CCc1ccnn1C)c1cccc(F)c1. The van der Waals surface area contributed by atoms with E-state index in [1.807, 2.05) is 20.0 Å². The molecule has 0 aliphatic carbocycles. The van der Waals surface area contributed by atoms with Crippen LogP contribution in [0, 0.1) is 5.82 Å². The fraction of sp³-hybridized carbons (Fsp3) is 0.400. The lowest BCUT2D eigenvalue weighted by Gasteiger charge is -2.27. The molecule has 4 heteroatoms. The molecule has 0 aliphatic rings. The lowest BCUT2D eigenvalue weighted by molar-refractivity contribution is 0.0229. The van der Waals surface area contributed by atoms with Crippen molar-refractivity contribution in [3.05, 3.63) is 53.6 Å². The van der Waals surface area contributed by atoms with E-state index < -0.39 is 5.60 Å². The minimum Gasteiger partial charge on any atom is -0.385 e. The Morgan fingerprint density at radius 1 is 1.37 bits per heavy atom. The van der Waals surface area contributed by atoms with E-state index in [4.69, 9.17) is 0 Å². The van der Waals surface area contributed by atoms with Gasteiger partial charge in [-0.3, -0.25) is 4.68 Å². The van der Waals surface area contributed by atoms with Crippen LogP contribution in [0.4, 0.5) is 4.39 Å². The van der Waals surface area contributed by atoms with Gasteiger partial charge in [0, 0.05) is 18.9 Å². The highest BCUT2D eigenvalue weighted by Gasteiger charge is 2.27. The summed E-state index contributed by atoms with van der Waals surface area (Å²) < 4.78 is 15.1. The molecule has 19 heavy (non-hydrogen) atoms. The average molecular weight is 262 g/mol. The Balaban J connectivity index is 2.16. The molecule has 0 radical (unpaired) electrons. The number of rotatable bonds is 5. The highest BCUT2D eigenvalue weighted by Crippen LogP contribution is 2.30. The molecular formula is C15H19FN2O. The van der Waals surface area contributed by atoms with E-state index >= 15 is 0 Å². The van der Waals surface area contributed by atoms with Crippen LogP contribution in [0.15, 0.2) is 36.5 Å². The maximum atomic E-state index is 13.3. The normalized spacial score (nSPS) is 14.3. The van der Waals surface area contributed by atoms with Gasteiger partial charge in [0.25, 0.3) is 0 Å². The molecule has 0 amide bonds. The molecular weight excluding hydrogens is 243 g/mol. The van der Waals surface area contributed by atoms with Crippen LogP contribution in [-0.4, -0.2) is 14.9 Å². The highest BCUT2D eigenvalue weighted by atomic mass is 19.1. The number of hydrogen-bond acceptors (Lipinski definition) is 2. The standard InChI is InChI=1S/C15H19FN2O/c1-3-15(19,12-5-4-6-13(16)11-12)9-7-14-8-10-17-18(14)2/h4-6,8,10-11,19H,3,7,9H2,1-2H3. The largest absolute Gasteiger partial charge is 0.385 e. The minimum atomic E-state index is -0.994. The van der Waals surface area contributed by atoms with Crippen molar-refractivity contribution in [1.82, 2.24) is 9.78 Å². The van der Waals surface area contributed by atoms with Crippen LogP contribution >= 0.6 is 0 Å². The van der Waals surface area contributed by atoms with Gasteiger partial charge in [-0.2, -0.15) is 5.10 Å². The van der Waals surface area contributed by atoms with Gasteiger partial charge in [0.1, 0.15) is 5.82 Å². The third-order valence-corrected chi connectivity index (χ3v) is 3.66. The molecule has 1 aromatic heterocycles. The number of aryl methyl sites for hydroxylation is 2. The Kier molecular flexibility index (Phi) is 4.00. The zero-order valence-electron chi connectivity index (χ0n) is 11.3. The van der Waals surface area contributed by atoms with Crippen LogP contribution < -0.4 is 0 Å². The predicted octanol–water partition coefficient (Wildman–Crippen LogP) is 2.79. The van der Waals surface area contributed by atoms with E-state index in [0.29, 0.717) is 24.8 Å². The van der Waals surface area contributed by atoms with E-state index in [1.165, 1.54) is 12.1 Å². The van der Waals surface area contributed by atoms with Crippen molar-refractivity contribution >= 4 is 0 Å². The Bertz CT molecular complexity index is 553. The molecule has 2 rings (SSSR count). The summed E-state index contributed by atoms with van der Waals surface area (Å²) in [5, 5.41) is 14.8. The minimum absolute atomic E-state index is 0.315. The smallest absolute Gasteiger partial charge is 0.123 e. The second kappa shape index (κ2) is 5.53. The highest BCUT2D eigenvalue weighted by molar-refractivity contribution is 5.23. The molecule has 1 heterocycles. The second-order valence-electron chi connectivity index (χ2n) is 4.84. The summed E-state index contributed by atoms with van der Waals surface area (Å²) in [6.45, 7) is 1.91. The maximum absolute atomic E-state index is 13.3. The lowest BCUT2D eigenvalue weighted by Crippen LogP contribution is -2.26. The van der Waals surface area contributed by atoms with Gasteiger partial charge < -0.3 is 5.11 Å². The van der Waals surface area contributed by atoms with Crippen molar-refractivity contribution in [3.63, 3.8) is 0 Å². The van der Waals surface area contributed by atoms with Crippen LogP contribution in [0.2, 0.25) is 0 Å². The van der Waals surface area contributed by atoms with Crippen LogP contribution in [0.5, 0.6) is 0 Å². The van der Waals surface area contributed by atoms with Crippen molar-refractivity contribution in [2.75, 3.05) is 0 Å². The zero-order valence-corrected chi connectivity index (χ0v) is 11.3. The topological polar surface area (TPSA) is 38.1 Å². The summed E-state index contributed by atoms with van der Waals surface area (Å²) >= 11 is 0. The van der Waals surface area contributed by atoms with Gasteiger partial charge in [-0.15, -0.1) is 0 Å². The van der Waals surface area contributed by atoms with Gasteiger partial charge in [-0.25, -0.2) is 4.39 Å². The van der Waals surface area contributed by atoms with E-state index in [-0.39, 0.29) is 5.82 Å². The zero-order chi connectivity index (χ0) is 13.9. The molecule has 1 aromatic carbocycles. The molecule has 0 spiro atoms. The molecule has 1 unspecified atom stereocenters. The first-order valence-corrected chi connectivity index (χ1v) is 6.50. The molecule has 0 saturated heterocycles. The van der Waals surface area contributed by atoms with Crippen molar-refractivity contribution in [2.24, 2.45) is 7.05 Å². The molecule has 2 aromatic rings. The predicted molar refractivity (Wildman–Crippen MR) is 72.1 cm³/mol. The van der Waals surface area contributed by atoms with Crippen molar-refractivity contribution < 1.29 is 9.50 Å². The van der Waals surface area contributed by atoms with Gasteiger partial charge in [0.05, 0.1) is 5.60 Å². The van der Waals surface area contributed by atoms with E-state index in [1.54, 1.807) is 23.0 Å². The molecule has 0 aliphatic heterocycles. The summed E-state index contributed by atoms with van der Waals surface area (Å²) in [6, 6.07) is 8.14. The first kappa shape index (κ1) is 13.7. The summed E-state index contributed by atoms with van der Waals surface area (Å²) in [5.41, 5.74) is 0.701. The fourth-order valence-corrected chi connectivity index (χ4v) is 2.28. The molecule has 102 valence electrons. The van der Waals surface area contributed by atoms with Gasteiger partial charge in [0.15, 0.2) is 0 Å². The fourth-order valence-electron chi connectivity index (χ4n) is 2.28. The number of halogens is 1. The van der Waals surface area contributed by atoms with Gasteiger partial charge in [0.2, 0.25) is 0 Å². The molecule has 0 fully saturated rings. The Morgan fingerprint density at radius 3 is 2.74 bits per heavy atom. The van der Waals surface area contributed by atoms with E-state index in [9.17, 15) is 9.50 Å². The summed E-state index contributed by atoms with van der Waals surface area (Å²) in [4.78, 5) is 0. The average Bonchev–Trinajstić information content (AvgIpc) is 2.81. The number of nitrogens with zero attached hydrogens (tertiary/aromatic N) is 2. The third-order valence-electron chi connectivity index (χ3n) is 3.66. The number of aromatic nitrogens is 2. The first-order valence-electron chi connectivity index (χ1n) is 6.50.